The van der Waals surface area contributed by atoms with Crippen molar-refractivity contribution in [3.8, 4) is 5.69 Å². The van der Waals surface area contributed by atoms with Crippen LogP contribution in [-0.2, 0) is 26.0 Å². The van der Waals surface area contributed by atoms with E-state index in [0.717, 1.165) is 4.90 Å². The second-order valence-corrected chi connectivity index (χ2v) is 13.3. The Balaban J connectivity index is 1.12. The molecule has 2 aliphatic heterocycles. The number of carboxylic acids is 1. The van der Waals surface area contributed by atoms with E-state index < -0.39 is 62.8 Å². The van der Waals surface area contributed by atoms with Gasteiger partial charge in [-0.3, -0.25) is 14.3 Å². The van der Waals surface area contributed by atoms with Crippen LogP contribution in [0.5, 0.6) is 0 Å². The Hall–Kier alpha value is -5.82. The van der Waals surface area contributed by atoms with Crippen LogP contribution in [0.1, 0.15) is 22.3 Å². The first-order chi connectivity index (χ1) is 23.8. The van der Waals surface area contributed by atoms with E-state index in [1.165, 1.54) is 64.8 Å². The van der Waals surface area contributed by atoms with E-state index in [-0.39, 0.29) is 34.6 Å². The van der Waals surface area contributed by atoms with Crippen LogP contribution in [0.3, 0.4) is 0 Å². The summed E-state index contributed by atoms with van der Waals surface area (Å²) in [5, 5.41) is 19.0. The maximum absolute atomic E-state index is 15.1. The number of carboxylic acid groups (broad SMARTS) is 1. The van der Waals surface area contributed by atoms with Gasteiger partial charge >= 0.3 is 12.0 Å². The van der Waals surface area contributed by atoms with E-state index in [1.54, 1.807) is 7.05 Å². The lowest BCUT2D eigenvalue weighted by Crippen LogP contribution is -2.65. The smallest absolute Gasteiger partial charge is 0.332 e. The van der Waals surface area contributed by atoms with Gasteiger partial charge in [0.15, 0.2) is 0 Å². The highest BCUT2D eigenvalue weighted by Gasteiger charge is 2.46. The molecule has 0 radical (unpaired) electrons. The van der Waals surface area contributed by atoms with Crippen LogP contribution in [0.25, 0.3) is 5.69 Å². The second-order valence-electron chi connectivity index (χ2n) is 11.6. The van der Waals surface area contributed by atoms with Gasteiger partial charge in [0.2, 0.25) is 5.91 Å². The van der Waals surface area contributed by atoms with Gasteiger partial charge in [0, 0.05) is 32.3 Å². The Morgan fingerprint density at radius 1 is 1.10 bits per heavy atom. The lowest BCUT2D eigenvalue weighted by molar-refractivity contribution is -0.139. The number of carbonyl (C=O) groups is 4. The topological polar surface area (TPSA) is 209 Å². The summed E-state index contributed by atoms with van der Waals surface area (Å²) in [6.45, 7) is 1.11. The first-order valence-electron chi connectivity index (χ1n) is 15.1. The molecule has 2 fully saturated rings. The quantitative estimate of drug-likeness (QED) is 0.186. The zero-order valence-electron chi connectivity index (χ0n) is 26.2. The minimum absolute atomic E-state index is 0.0422. The van der Waals surface area contributed by atoms with Crippen molar-refractivity contribution in [2.24, 2.45) is 5.92 Å². The van der Waals surface area contributed by atoms with Gasteiger partial charge in [-0.1, -0.05) is 6.07 Å². The number of piperidine rings is 1. The van der Waals surface area contributed by atoms with Gasteiger partial charge in [-0.15, -0.1) is 0 Å². The zero-order valence-corrected chi connectivity index (χ0v) is 27.0. The first kappa shape index (κ1) is 34.1. The molecule has 2 saturated heterocycles. The molecule has 50 heavy (non-hydrogen) atoms. The molecule has 2 aromatic heterocycles. The molecule has 260 valence electrons. The number of nitrogens with zero attached hydrogens (tertiary/aromatic N) is 6. The maximum atomic E-state index is 15.1. The van der Waals surface area contributed by atoms with Gasteiger partial charge in [0.25, 0.3) is 15.9 Å². The number of carbonyl (C=O) groups excluding carboxylic acids is 3. The molecule has 0 aliphatic carbocycles. The van der Waals surface area contributed by atoms with Crippen molar-refractivity contribution in [2.45, 2.75) is 29.8 Å². The lowest BCUT2D eigenvalue weighted by atomic mass is 9.88. The maximum Gasteiger partial charge on any atom is 0.332 e. The molecule has 6 rings (SSSR count). The normalized spacial score (nSPS) is 18.4. The molecular weight excluding hydrogens is 680 g/mol. The summed E-state index contributed by atoms with van der Waals surface area (Å²) >= 11 is 0. The summed E-state index contributed by atoms with van der Waals surface area (Å²) in [5.41, 5.74) is -0.870. The number of likely N-dealkylation sites (N-methyl/N-ethyl adjacent to an activating group) is 1. The minimum atomic E-state index is -4.39. The molecule has 3 atom stereocenters. The summed E-state index contributed by atoms with van der Waals surface area (Å²) in [6, 6.07) is 6.55. The number of halogens is 2. The van der Waals surface area contributed by atoms with Crippen molar-refractivity contribution >= 4 is 45.3 Å². The molecule has 2 unspecified atom stereocenters. The fourth-order valence-corrected chi connectivity index (χ4v) is 6.83. The number of fused-ring (bicyclic) bond motifs is 1. The number of sulfonamides is 1. The molecule has 2 aliphatic rings. The van der Waals surface area contributed by atoms with Crippen LogP contribution in [0.4, 0.5) is 25.1 Å². The number of aromatic nitrogens is 4. The van der Waals surface area contributed by atoms with Crippen LogP contribution in [0.15, 0.2) is 72.3 Å². The number of pyridine rings is 1. The fourth-order valence-electron chi connectivity index (χ4n) is 5.77. The Kier molecular flexibility index (Phi) is 9.26. The lowest BCUT2D eigenvalue weighted by Gasteiger charge is -2.44. The monoisotopic (exact) mass is 709 g/mol. The van der Waals surface area contributed by atoms with E-state index in [9.17, 15) is 32.7 Å². The number of imide groups is 1. The number of anilines is 2. The third kappa shape index (κ3) is 6.72. The van der Waals surface area contributed by atoms with Gasteiger partial charge in [0.05, 0.1) is 33.8 Å². The molecule has 4 amide bonds. The number of amides is 4. The largest absolute Gasteiger partial charge is 0.480 e. The third-order valence-corrected chi connectivity index (χ3v) is 9.82. The molecule has 4 aromatic rings. The summed E-state index contributed by atoms with van der Waals surface area (Å²) < 4.78 is 59.1. The molecule has 4 heterocycles. The Bertz CT molecular complexity index is 2060. The Labute approximate surface area is 283 Å². The van der Waals surface area contributed by atoms with Crippen molar-refractivity contribution in [2.75, 3.05) is 29.8 Å². The summed E-state index contributed by atoms with van der Waals surface area (Å²) in [4.78, 5) is 61.3. The Morgan fingerprint density at radius 3 is 2.52 bits per heavy atom. The number of urea groups is 1. The van der Waals surface area contributed by atoms with Crippen molar-refractivity contribution in [1.82, 2.24) is 35.3 Å². The predicted molar refractivity (Wildman–Crippen MR) is 171 cm³/mol. The number of nitrogens with one attached hydrogen (secondary N) is 3. The molecule has 2 aromatic carbocycles. The van der Waals surface area contributed by atoms with Gasteiger partial charge in [-0.25, -0.2) is 46.3 Å². The van der Waals surface area contributed by atoms with Crippen molar-refractivity contribution in [1.29, 1.82) is 0 Å². The summed E-state index contributed by atoms with van der Waals surface area (Å²) in [6.07, 6.45) is 4.13. The standard InChI is InChI=1S/C31H29F2N9O7S/c1-40-26-14-34-9-8-20(26)29(44)42(31(40)47)27-7-2-17(13-36-27)10-25(30(45)46)38-28(43)21-11-23(33)24(12-22(21)32)39-50(48,49)19-5-3-18(4-6-19)41-16-35-15-37-41/h2-7,11-13,15-16,20,25-26,34,39H,8-10,14H2,1H3,(H,38,43)(H,45,46)/t20?,25-,26?/m0/s1. The first-order valence-corrected chi connectivity index (χ1v) is 16.6. The van der Waals surface area contributed by atoms with Crippen molar-refractivity contribution < 1.29 is 41.5 Å². The van der Waals surface area contributed by atoms with Gasteiger partial charge in [-0.2, -0.15) is 5.10 Å². The Morgan fingerprint density at radius 2 is 1.86 bits per heavy atom. The van der Waals surface area contributed by atoms with Crippen molar-refractivity contribution in [3.63, 3.8) is 0 Å². The molecular formula is C31H29F2N9O7S. The van der Waals surface area contributed by atoms with Gasteiger partial charge < -0.3 is 20.6 Å². The van der Waals surface area contributed by atoms with Crippen LogP contribution >= 0.6 is 0 Å². The van der Waals surface area contributed by atoms with E-state index >= 15 is 8.78 Å². The number of hydrogen-bond acceptors (Lipinski definition) is 10. The summed E-state index contributed by atoms with van der Waals surface area (Å²) in [7, 11) is -2.79. The van der Waals surface area contributed by atoms with E-state index in [4.69, 9.17) is 0 Å². The predicted octanol–water partition coefficient (Wildman–Crippen LogP) is 1.54. The highest BCUT2D eigenvalue weighted by molar-refractivity contribution is 7.92. The molecule has 16 nitrogen and oxygen atoms in total. The third-order valence-electron chi connectivity index (χ3n) is 8.44. The molecule has 4 N–H and O–H groups in total. The van der Waals surface area contributed by atoms with Crippen LogP contribution in [0.2, 0.25) is 0 Å². The molecule has 0 saturated carbocycles. The molecule has 19 heteroatoms. The second kappa shape index (κ2) is 13.6. The highest BCUT2D eigenvalue weighted by atomic mass is 32.2. The number of hydrogen-bond donors (Lipinski definition) is 4. The molecule has 0 bridgehead atoms. The van der Waals surface area contributed by atoms with Gasteiger partial charge in [-0.05, 0) is 54.9 Å². The van der Waals surface area contributed by atoms with Gasteiger partial charge in [0.1, 0.15) is 36.1 Å². The highest BCUT2D eigenvalue weighted by Crippen LogP contribution is 2.30. The number of benzene rings is 2. The van der Waals surface area contributed by atoms with Crippen LogP contribution in [0, 0.1) is 17.6 Å². The average Bonchev–Trinajstić information content (AvgIpc) is 3.64. The van der Waals surface area contributed by atoms with E-state index in [0.29, 0.717) is 37.3 Å². The van der Waals surface area contributed by atoms with E-state index in [1.807, 2.05) is 4.72 Å². The molecule has 0 spiro atoms. The zero-order chi connectivity index (χ0) is 35.7. The van der Waals surface area contributed by atoms with Crippen molar-refractivity contribution in [3.05, 3.63) is 90.1 Å². The average molecular weight is 710 g/mol. The minimum Gasteiger partial charge on any atom is -0.480 e. The summed E-state index contributed by atoms with van der Waals surface area (Å²) in [5.74, 6) is -6.15. The number of rotatable bonds is 10. The number of aliphatic carboxylic acids is 1. The fraction of sp³-hybridized carbons (Fsp3) is 0.258. The van der Waals surface area contributed by atoms with Crippen LogP contribution in [-0.4, -0.2) is 94.2 Å². The SMILES string of the molecule is CN1C(=O)N(c2ccc(C[C@H](NC(=O)c3cc(F)c(NS(=O)(=O)c4ccc(-n5cncn5)cc4)cc3F)C(=O)O)cn2)C(=O)C2CCNCC21. The van der Waals surface area contributed by atoms with Crippen LogP contribution < -0.4 is 20.3 Å². The van der Waals surface area contributed by atoms with E-state index in [2.05, 4.69) is 25.7 Å².